The molecule has 38 heavy (non-hydrogen) atoms. The van der Waals surface area contributed by atoms with Gasteiger partial charge in [-0.05, 0) is 62.0 Å². The van der Waals surface area contributed by atoms with Crippen LogP contribution in [0, 0.1) is 0 Å². The van der Waals surface area contributed by atoms with Gasteiger partial charge in [-0.25, -0.2) is 18.7 Å². The van der Waals surface area contributed by atoms with Crippen LogP contribution in [0.5, 0.6) is 5.75 Å². The molecule has 0 saturated carbocycles. The summed E-state index contributed by atoms with van der Waals surface area (Å²) in [6, 6.07) is 5.76. The number of halogens is 3. The third-order valence-corrected chi connectivity index (χ3v) is 8.94. The Balaban J connectivity index is 1.74. The molecule has 2 fully saturated rings. The molecule has 0 aliphatic carbocycles. The van der Waals surface area contributed by atoms with Gasteiger partial charge in [-0.1, -0.05) is 30.9 Å². The minimum Gasteiger partial charge on any atom is -0.484 e. The van der Waals surface area contributed by atoms with Crippen LogP contribution in [0.4, 0.5) is 13.2 Å². The van der Waals surface area contributed by atoms with Crippen molar-refractivity contribution in [1.29, 1.82) is 0 Å². The van der Waals surface area contributed by atoms with Crippen LogP contribution in [-0.2, 0) is 28.9 Å². The van der Waals surface area contributed by atoms with Gasteiger partial charge in [0.25, 0.3) is 5.91 Å². The van der Waals surface area contributed by atoms with Crippen LogP contribution >= 0.6 is 0 Å². The first-order valence-corrected chi connectivity index (χ1v) is 13.7. The summed E-state index contributed by atoms with van der Waals surface area (Å²) in [5.41, 5.74) is 3.27. The van der Waals surface area contributed by atoms with Gasteiger partial charge in [0.05, 0.1) is 4.91 Å². The lowest BCUT2D eigenvalue weighted by atomic mass is 9.98. The Kier molecular flexibility index (Phi) is 10.2. The molecule has 0 aromatic heterocycles. The van der Waals surface area contributed by atoms with E-state index >= 15 is 0 Å². The Morgan fingerprint density at radius 2 is 1.84 bits per heavy atom. The number of hydrogen-bond donors (Lipinski definition) is 1. The van der Waals surface area contributed by atoms with Crippen molar-refractivity contribution in [3.8, 4) is 5.75 Å². The maximum absolute atomic E-state index is 13.8. The van der Waals surface area contributed by atoms with Crippen LogP contribution in [0.2, 0.25) is 0 Å². The van der Waals surface area contributed by atoms with Crippen LogP contribution in [0.1, 0.15) is 44.6 Å². The largest absolute Gasteiger partial charge is 0.484 e. The van der Waals surface area contributed by atoms with Crippen molar-refractivity contribution in [3.05, 3.63) is 59.5 Å². The van der Waals surface area contributed by atoms with E-state index in [1.54, 1.807) is 6.92 Å². The van der Waals surface area contributed by atoms with Gasteiger partial charge in [0.2, 0.25) is 0 Å². The number of amides is 1. The van der Waals surface area contributed by atoms with Gasteiger partial charge in [0.15, 0.2) is 27.5 Å². The number of hydrogen-bond acceptors (Lipinski definition) is 7. The molecule has 1 unspecified atom stereocenters. The second kappa shape index (κ2) is 12.9. The van der Waals surface area contributed by atoms with Crippen molar-refractivity contribution in [2.45, 2.75) is 56.2 Å². The molecular weight excluding hydrogens is 527 g/mol. The number of nitrogens with one attached hydrogen (secondary N) is 1. The second-order valence-corrected chi connectivity index (χ2v) is 11.2. The average Bonchev–Trinajstić information content (AvgIpc) is 2.91. The van der Waals surface area contributed by atoms with E-state index < -0.39 is 39.6 Å². The summed E-state index contributed by atoms with van der Waals surface area (Å²) in [7, 11) is -4.20. The molecule has 1 aromatic rings. The van der Waals surface area contributed by atoms with Gasteiger partial charge in [-0.3, -0.25) is 4.79 Å². The lowest BCUT2D eigenvalue weighted by Crippen LogP contribution is -2.56. The zero-order valence-corrected chi connectivity index (χ0v) is 21.9. The summed E-state index contributed by atoms with van der Waals surface area (Å²) < 4.78 is 78.4. The van der Waals surface area contributed by atoms with Crippen LogP contribution < -0.4 is 10.2 Å². The fourth-order valence-electron chi connectivity index (χ4n) is 4.11. The van der Waals surface area contributed by atoms with Crippen LogP contribution in [0.15, 0.2) is 54.0 Å². The zero-order chi connectivity index (χ0) is 27.8. The molecule has 2 saturated heterocycles. The van der Waals surface area contributed by atoms with E-state index in [2.05, 4.69) is 12.1 Å². The summed E-state index contributed by atoms with van der Waals surface area (Å²) in [5, 5.41) is 0. The fourth-order valence-corrected chi connectivity index (χ4v) is 6.11. The van der Waals surface area contributed by atoms with E-state index in [4.69, 9.17) is 19.0 Å². The van der Waals surface area contributed by atoms with Gasteiger partial charge < -0.3 is 14.2 Å². The lowest BCUT2D eigenvalue weighted by molar-refractivity contribution is -0.202. The molecule has 2 aliphatic rings. The number of rotatable bonds is 10. The van der Waals surface area contributed by atoms with Gasteiger partial charge in [0.1, 0.15) is 5.75 Å². The third kappa shape index (κ3) is 7.46. The smallest absolute Gasteiger partial charge is 0.422 e. The lowest BCUT2D eigenvalue weighted by Gasteiger charge is -2.35. The third-order valence-electron chi connectivity index (χ3n) is 6.32. The highest BCUT2D eigenvalue weighted by molar-refractivity contribution is 7.97. The number of allylic oxidation sites excluding steroid dienone is 4. The molecule has 3 rings (SSSR count). The van der Waals surface area contributed by atoms with E-state index in [9.17, 15) is 26.4 Å². The zero-order valence-electron chi connectivity index (χ0n) is 21.1. The molecule has 1 N–H and O–H groups in total. The number of hydroxylamine groups is 1. The molecule has 210 valence electrons. The summed E-state index contributed by atoms with van der Waals surface area (Å²) in [6.07, 6.45) is 1.36. The highest BCUT2D eigenvalue weighted by atomic mass is 32.2. The number of ether oxygens (including phenoxy) is 3. The highest BCUT2D eigenvalue weighted by Crippen LogP contribution is 2.36. The average molecular weight is 560 g/mol. The Morgan fingerprint density at radius 1 is 1.16 bits per heavy atom. The quantitative estimate of drug-likeness (QED) is 0.329. The number of carbonyl (C=O) groups is 1. The van der Waals surface area contributed by atoms with Gasteiger partial charge >= 0.3 is 6.18 Å². The van der Waals surface area contributed by atoms with Crippen molar-refractivity contribution in [3.63, 3.8) is 0 Å². The van der Waals surface area contributed by atoms with E-state index in [0.29, 0.717) is 24.2 Å². The highest BCUT2D eigenvalue weighted by Gasteiger charge is 2.53. The fraction of sp³-hybridized carbons (Fsp3) is 0.500. The standard InChI is InChI=1S/C26H32F3NO7S/c1-3-22(12-7-19(2)20-8-10-21(11-9-20)36-18-26(27,28)29)38(32,33)25(13-16-34-17-14-25)24(31)30-37-23-6-4-5-15-35-23/h3,7-12,23H,2,4-6,13-18H2,1H3,(H,30,31)/b12-7-,22-3+. The predicted octanol–water partition coefficient (Wildman–Crippen LogP) is 4.64. The van der Waals surface area contributed by atoms with E-state index in [1.807, 2.05) is 0 Å². The minimum atomic E-state index is -4.45. The number of sulfone groups is 1. The molecule has 12 heteroatoms. The molecule has 2 heterocycles. The van der Waals surface area contributed by atoms with E-state index in [0.717, 1.165) is 12.8 Å². The topological polar surface area (TPSA) is 100 Å². The maximum atomic E-state index is 13.8. The van der Waals surface area contributed by atoms with E-state index in [1.165, 1.54) is 42.5 Å². The molecular formula is C26H32F3NO7S. The molecule has 1 atom stereocenters. The van der Waals surface area contributed by atoms with E-state index in [-0.39, 0.29) is 36.7 Å². The normalized spacial score (nSPS) is 20.7. The second-order valence-electron chi connectivity index (χ2n) is 8.93. The molecule has 0 bridgehead atoms. The van der Waals surface area contributed by atoms with Crippen molar-refractivity contribution < 1.29 is 45.4 Å². The van der Waals surface area contributed by atoms with Crippen LogP contribution in [0.3, 0.4) is 0 Å². The van der Waals surface area contributed by atoms with Crippen molar-refractivity contribution in [2.24, 2.45) is 0 Å². The molecule has 2 aliphatic heterocycles. The number of alkyl halides is 3. The summed E-state index contributed by atoms with van der Waals surface area (Å²) in [5.74, 6) is -0.746. The Hall–Kier alpha value is -2.67. The maximum Gasteiger partial charge on any atom is 0.422 e. The SMILES string of the molecule is C=C(/C=C\C(=C/C)S(=O)(=O)C1(C(=O)NOC2CCCCO2)CCOCC1)c1ccc(OCC(F)(F)F)cc1. The minimum absolute atomic E-state index is 0.0351. The Labute approximate surface area is 220 Å². The predicted molar refractivity (Wildman–Crippen MR) is 134 cm³/mol. The Morgan fingerprint density at radius 3 is 2.42 bits per heavy atom. The molecule has 1 amide bonds. The molecule has 1 aromatic carbocycles. The van der Waals surface area contributed by atoms with Crippen LogP contribution in [0.25, 0.3) is 5.57 Å². The molecule has 8 nitrogen and oxygen atoms in total. The van der Waals surface area contributed by atoms with Gasteiger partial charge in [-0.2, -0.15) is 13.2 Å². The number of carbonyl (C=O) groups excluding carboxylic acids is 1. The number of benzene rings is 1. The first-order chi connectivity index (χ1) is 18.0. The van der Waals surface area contributed by atoms with Gasteiger partial charge in [0, 0.05) is 26.2 Å². The first kappa shape index (κ1) is 29.9. The molecule has 0 spiro atoms. The summed E-state index contributed by atoms with van der Waals surface area (Å²) in [6.45, 7) is 4.72. The van der Waals surface area contributed by atoms with Gasteiger partial charge in [-0.15, -0.1) is 0 Å². The summed E-state index contributed by atoms with van der Waals surface area (Å²) >= 11 is 0. The van der Waals surface area contributed by atoms with Crippen molar-refractivity contribution in [2.75, 3.05) is 26.4 Å². The summed E-state index contributed by atoms with van der Waals surface area (Å²) in [4.78, 5) is 18.6. The van der Waals surface area contributed by atoms with Crippen LogP contribution in [-0.4, -0.2) is 58.0 Å². The van der Waals surface area contributed by atoms with Crippen molar-refractivity contribution in [1.82, 2.24) is 5.48 Å². The monoisotopic (exact) mass is 559 g/mol. The van der Waals surface area contributed by atoms with Crippen molar-refractivity contribution >= 4 is 21.3 Å². The Bertz CT molecular complexity index is 1130. The first-order valence-electron chi connectivity index (χ1n) is 12.2. The molecule has 0 radical (unpaired) electrons.